The second kappa shape index (κ2) is 9.96. The van der Waals surface area contributed by atoms with E-state index in [-0.39, 0.29) is 24.3 Å². The lowest BCUT2D eigenvalue weighted by Gasteiger charge is -2.16. The third kappa shape index (κ3) is 4.74. The van der Waals surface area contributed by atoms with Gasteiger partial charge >= 0.3 is 5.69 Å². The predicted octanol–water partition coefficient (Wildman–Crippen LogP) is 2.05. The zero-order chi connectivity index (χ0) is 24.2. The molecule has 0 amide bonds. The average molecular weight is 464 g/mol. The number of hydrogen-bond donors (Lipinski definition) is 2. The molecule has 2 aromatic heterocycles. The van der Waals surface area contributed by atoms with Gasteiger partial charge in [0.1, 0.15) is 18.5 Å². The number of nitrogens with zero attached hydrogens (tertiary/aromatic N) is 4. The van der Waals surface area contributed by atoms with E-state index in [1.807, 2.05) is 54.6 Å². The number of fused-ring (bicyclic) bond motifs is 1. The largest absolute Gasteiger partial charge is 0.491 e. The Morgan fingerprint density at radius 3 is 2.38 bits per heavy atom. The van der Waals surface area contributed by atoms with Gasteiger partial charge in [0.25, 0.3) is 5.56 Å². The first kappa shape index (κ1) is 23.3. The van der Waals surface area contributed by atoms with E-state index in [2.05, 4.69) is 17.2 Å². The van der Waals surface area contributed by atoms with E-state index < -0.39 is 17.4 Å². The van der Waals surface area contributed by atoms with Crippen molar-refractivity contribution in [1.82, 2.24) is 18.7 Å². The van der Waals surface area contributed by atoms with Crippen LogP contribution in [0, 0.1) is 0 Å². The van der Waals surface area contributed by atoms with Gasteiger partial charge in [0.2, 0.25) is 5.95 Å². The summed E-state index contributed by atoms with van der Waals surface area (Å²) >= 11 is 0. The number of nitrogens with one attached hydrogen (secondary N) is 1. The summed E-state index contributed by atoms with van der Waals surface area (Å²) in [5.41, 5.74) is 1.80. The number of aromatic nitrogens is 4. The van der Waals surface area contributed by atoms with E-state index in [0.29, 0.717) is 18.2 Å². The van der Waals surface area contributed by atoms with Crippen LogP contribution in [0.2, 0.25) is 0 Å². The van der Waals surface area contributed by atoms with E-state index in [1.54, 1.807) is 11.6 Å². The molecule has 1 unspecified atom stereocenters. The summed E-state index contributed by atoms with van der Waals surface area (Å²) < 4.78 is 9.74. The smallest absolute Gasteiger partial charge is 0.332 e. The molecule has 0 aliphatic heterocycles. The Morgan fingerprint density at radius 1 is 1.00 bits per heavy atom. The highest BCUT2D eigenvalue weighted by Crippen LogP contribution is 2.18. The first-order chi connectivity index (χ1) is 16.4. The number of ether oxygens (including phenoxy) is 1. The zero-order valence-electron chi connectivity index (χ0n) is 19.6. The van der Waals surface area contributed by atoms with Crippen molar-refractivity contribution in [2.24, 2.45) is 14.1 Å². The topological polar surface area (TPSA) is 103 Å². The Kier molecular flexibility index (Phi) is 6.83. The Morgan fingerprint density at radius 2 is 1.71 bits per heavy atom. The van der Waals surface area contributed by atoms with Crippen LogP contribution < -0.4 is 21.3 Å². The van der Waals surface area contributed by atoms with Gasteiger partial charge in [-0.1, -0.05) is 49.4 Å². The van der Waals surface area contributed by atoms with Gasteiger partial charge in [-0.15, -0.1) is 0 Å². The van der Waals surface area contributed by atoms with Crippen LogP contribution in [-0.2, 0) is 33.6 Å². The molecule has 2 N–H and O–H groups in total. The lowest BCUT2D eigenvalue weighted by Crippen LogP contribution is -2.38. The molecule has 0 aliphatic carbocycles. The molecule has 178 valence electrons. The van der Waals surface area contributed by atoms with Crippen LogP contribution in [0.5, 0.6) is 5.75 Å². The van der Waals surface area contributed by atoms with E-state index in [9.17, 15) is 14.7 Å². The van der Waals surface area contributed by atoms with Gasteiger partial charge in [-0.05, 0) is 29.7 Å². The quantitative estimate of drug-likeness (QED) is 0.394. The second-order valence-corrected chi connectivity index (χ2v) is 8.23. The fourth-order valence-corrected chi connectivity index (χ4v) is 3.81. The minimum Gasteiger partial charge on any atom is -0.491 e. The molecule has 2 aromatic carbocycles. The summed E-state index contributed by atoms with van der Waals surface area (Å²) in [6, 6.07) is 17.5. The van der Waals surface area contributed by atoms with Crippen LogP contribution >= 0.6 is 0 Å². The molecular formula is C25H29N5O4. The van der Waals surface area contributed by atoms with Crippen molar-refractivity contribution in [2.75, 3.05) is 11.9 Å². The average Bonchev–Trinajstić information content (AvgIpc) is 3.22. The Balaban J connectivity index is 1.62. The van der Waals surface area contributed by atoms with Crippen molar-refractivity contribution in [3.63, 3.8) is 0 Å². The highest BCUT2D eigenvalue weighted by atomic mass is 16.5. The van der Waals surface area contributed by atoms with Gasteiger partial charge in [-0.3, -0.25) is 13.9 Å². The van der Waals surface area contributed by atoms with Crippen LogP contribution in [-0.4, -0.2) is 36.5 Å². The third-order valence-electron chi connectivity index (χ3n) is 5.81. The number of benzene rings is 2. The first-order valence-electron chi connectivity index (χ1n) is 11.2. The van der Waals surface area contributed by atoms with Crippen molar-refractivity contribution in [2.45, 2.75) is 32.5 Å². The summed E-state index contributed by atoms with van der Waals surface area (Å²) in [6.45, 7) is 2.65. The molecule has 0 saturated carbocycles. The lowest BCUT2D eigenvalue weighted by molar-refractivity contribution is 0.0938. The summed E-state index contributed by atoms with van der Waals surface area (Å²) in [7, 11) is 3.00. The molecule has 0 aliphatic rings. The summed E-state index contributed by atoms with van der Waals surface area (Å²) in [6.07, 6.45) is 0.0229. The zero-order valence-corrected chi connectivity index (χ0v) is 19.6. The third-order valence-corrected chi connectivity index (χ3v) is 5.81. The van der Waals surface area contributed by atoms with Gasteiger partial charge < -0.3 is 19.7 Å². The van der Waals surface area contributed by atoms with Gasteiger partial charge in [0.05, 0.1) is 6.54 Å². The molecule has 2 heterocycles. The number of rotatable bonds is 9. The molecule has 4 aromatic rings. The highest BCUT2D eigenvalue weighted by molar-refractivity contribution is 5.74. The highest BCUT2D eigenvalue weighted by Gasteiger charge is 2.21. The Labute approximate surface area is 196 Å². The van der Waals surface area contributed by atoms with Crippen LogP contribution in [0.1, 0.15) is 18.1 Å². The molecule has 4 rings (SSSR count). The molecule has 0 radical (unpaired) electrons. The number of aliphatic hydroxyl groups excluding tert-OH is 1. The maximum Gasteiger partial charge on any atom is 0.332 e. The molecule has 9 nitrogen and oxygen atoms in total. The molecule has 1 atom stereocenters. The number of anilines is 1. The van der Waals surface area contributed by atoms with Crippen molar-refractivity contribution in [1.29, 1.82) is 0 Å². The summed E-state index contributed by atoms with van der Waals surface area (Å²) in [5, 5.41) is 14.0. The van der Waals surface area contributed by atoms with Gasteiger partial charge in [-0.25, -0.2) is 4.79 Å². The minimum atomic E-state index is -0.914. The molecule has 9 heteroatoms. The number of hydrogen-bond acceptors (Lipinski definition) is 6. The Bertz CT molecular complexity index is 1390. The maximum absolute atomic E-state index is 13.0. The van der Waals surface area contributed by atoms with E-state index in [4.69, 9.17) is 4.74 Å². The van der Waals surface area contributed by atoms with Crippen LogP contribution in [0.25, 0.3) is 11.2 Å². The van der Waals surface area contributed by atoms with Crippen molar-refractivity contribution >= 4 is 17.1 Å². The molecule has 0 fully saturated rings. The fourth-order valence-electron chi connectivity index (χ4n) is 3.81. The van der Waals surface area contributed by atoms with Crippen LogP contribution in [0.4, 0.5) is 5.95 Å². The summed E-state index contributed by atoms with van der Waals surface area (Å²) in [4.78, 5) is 29.9. The SMILES string of the molecule is CCc1ccc(OCC(O)Cn2c(NCc3ccccc3)nc3c2c(=O)n(C)c(=O)n3C)cc1. The van der Waals surface area contributed by atoms with Gasteiger partial charge in [0, 0.05) is 20.6 Å². The van der Waals surface area contributed by atoms with Crippen LogP contribution in [0.3, 0.4) is 0 Å². The summed E-state index contributed by atoms with van der Waals surface area (Å²) in [5.74, 6) is 1.05. The van der Waals surface area contributed by atoms with E-state index >= 15 is 0 Å². The van der Waals surface area contributed by atoms with Gasteiger partial charge in [-0.2, -0.15) is 4.98 Å². The fraction of sp³-hybridized carbons (Fsp3) is 0.320. The lowest BCUT2D eigenvalue weighted by atomic mass is 10.2. The van der Waals surface area contributed by atoms with Gasteiger partial charge in [0.15, 0.2) is 11.2 Å². The van der Waals surface area contributed by atoms with E-state index in [1.165, 1.54) is 17.2 Å². The normalized spacial score (nSPS) is 12.1. The molecule has 0 saturated heterocycles. The molecule has 34 heavy (non-hydrogen) atoms. The molecule has 0 bridgehead atoms. The van der Waals surface area contributed by atoms with Crippen molar-refractivity contribution in [3.8, 4) is 5.75 Å². The second-order valence-electron chi connectivity index (χ2n) is 8.23. The Hall–Kier alpha value is -3.85. The van der Waals surface area contributed by atoms with Crippen molar-refractivity contribution in [3.05, 3.63) is 86.6 Å². The number of imidazole rings is 1. The number of aliphatic hydroxyl groups is 1. The standard InChI is InChI=1S/C25H29N5O4/c1-4-17-10-12-20(13-11-17)34-16-19(31)15-30-21-22(28(2)25(33)29(3)23(21)32)27-24(30)26-14-18-8-6-5-7-9-18/h5-13,19,31H,4,14-16H2,1-3H3,(H,26,27). The van der Waals surface area contributed by atoms with Crippen molar-refractivity contribution < 1.29 is 9.84 Å². The predicted molar refractivity (Wildman–Crippen MR) is 131 cm³/mol. The maximum atomic E-state index is 13.0. The molecular weight excluding hydrogens is 434 g/mol. The van der Waals surface area contributed by atoms with Crippen LogP contribution in [0.15, 0.2) is 64.2 Å². The first-order valence-corrected chi connectivity index (χ1v) is 11.2. The van der Waals surface area contributed by atoms with E-state index in [0.717, 1.165) is 16.6 Å². The monoisotopic (exact) mass is 463 g/mol. The number of aryl methyl sites for hydroxylation is 2. The molecule has 0 spiro atoms. The minimum absolute atomic E-state index is 0.0371.